The van der Waals surface area contributed by atoms with Crippen LogP contribution in [0.25, 0.3) is 0 Å². The van der Waals surface area contributed by atoms with Crippen molar-refractivity contribution in [2.75, 3.05) is 17.4 Å². The van der Waals surface area contributed by atoms with Crippen molar-refractivity contribution in [3.8, 4) is 0 Å². The van der Waals surface area contributed by atoms with Gasteiger partial charge in [-0.05, 0) is 68.3 Å². The van der Waals surface area contributed by atoms with Gasteiger partial charge in [0.2, 0.25) is 11.8 Å². The largest absolute Gasteiger partial charge is 0.355 e. The van der Waals surface area contributed by atoms with Crippen LogP contribution >= 0.6 is 23.2 Å². The van der Waals surface area contributed by atoms with Crippen LogP contribution < -0.4 is 9.62 Å². The molecule has 0 heterocycles. The smallest absolute Gasteiger partial charge is 0.264 e. The van der Waals surface area contributed by atoms with Crippen molar-refractivity contribution in [3.63, 3.8) is 0 Å². The number of nitrogens with zero attached hydrogens (tertiary/aromatic N) is 2. The molecule has 0 bridgehead atoms. The second-order valence-electron chi connectivity index (χ2n) is 10.5. The number of carbonyl (C=O) groups is 2. The molecule has 7 nitrogen and oxygen atoms in total. The van der Waals surface area contributed by atoms with Crippen LogP contribution in [0, 0.1) is 13.8 Å². The number of amides is 2. The zero-order valence-corrected chi connectivity index (χ0v) is 27.2. The van der Waals surface area contributed by atoms with E-state index in [-0.39, 0.29) is 23.8 Å². The molecule has 10 heteroatoms. The molecule has 44 heavy (non-hydrogen) atoms. The zero-order chi connectivity index (χ0) is 31.9. The van der Waals surface area contributed by atoms with E-state index in [9.17, 15) is 18.0 Å². The van der Waals surface area contributed by atoms with E-state index in [4.69, 9.17) is 23.2 Å². The third kappa shape index (κ3) is 8.20. The Morgan fingerprint density at radius 2 is 1.41 bits per heavy atom. The number of benzene rings is 4. The summed E-state index contributed by atoms with van der Waals surface area (Å²) in [7, 11) is -4.17. The number of anilines is 1. The van der Waals surface area contributed by atoms with E-state index >= 15 is 0 Å². The Kier molecular flexibility index (Phi) is 11.1. The summed E-state index contributed by atoms with van der Waals surface area (Å²) in [6, 6.07) is 26.8. The quantitative estimate of drug-likeness (QED) is 0.187. The van der Waals surface area contributed by atoms with Gasteiger partial charge in [0.1, 0.15) is 12.6 Å². The van der Waals surface area contributed by atoms with Crippen LogP contribution in [0.5, 0.6) is 0 Å². The Labute approximate surface area is 269 Å². The number of nitrogens with one attached hydrogen (secondary N) is 1. The molecule has 0 aliphatic heterocycles. The van der Waals surface area contributed by atoms with Gasteiger partial charge in [-0.15, -0.1) is 0 Å². The van der Waals surface area contributed by atoms with Gasteiger partial charge in [-0.1, -0.05) is 95.0 Å². The Morgan fingerprint density at radius 3 is 2.00 bits per heavy atom. The second kappa shape index (κ2) is 14.8. The first kappa shape index (κ1) is 33.1. The molecule has 0 aliphatic carbocycles. The summed E-state index contributed by atoms with van der Waals surface area (Å²) in [5.41, 5.74) is 3.65. The number of likely N-dealkylation sites (N-methyl/N-ethyl adjacent to an activating group) is 1. The minimum absolute atomic E-state index is 0.00330. The van der Waals surface area contributed by atoms with Gasteiger partial charge in [0, 0.05) is 19.5 Å². The van der Waals surface area contributed by atoms with E-state index in [2.05, 4.69) is 5.32 Å². The number of carbonyl (C=O) groups excluding carboxylic acids is 2. The molecule has 1 N–H and O–H groups in total. The number of aryl methyl sites for hydroxylation is 2. The molecular formula is C34H35Cl2N3O4S. The van der Waals surface area contributed by atoms with Crippen LogP contribution in [-0.4, -0.2) is 44.3 Å². The fourth-order valence-corrected chi connectivity index (χ4v) is 6.49. The molecule has 2 amide bonds. The van der Waals surface area contributed by atoms with E-state index in [0.29, 0.717) is 27.8 Å². The Balaban J connectivity index is 1.80. The SMILES string of the molecule is CCNC(=O)C(Cc1ccccc1)N(Cc1ccc(Cl)c(Cl)c1)C(=O)CN(c1ccc(C)cc1)S(=O)(=O)c1ccc(C)cc1. The third-order valence-electron chi connectivity index (χ3n) is 7.17. The zero-order valence-electron chi connectivity index (χ0n) is 24.8. The van der Waals surface area contributed by atoms with Crippen molar-refractivity contribution >= 4 is 50.7 Å². The lowest BCUT2D eigenvalue weighted by Gasteiger charge is -2.34. The molecule has 4 rings (SSSR count). The summed E-state index contributed by atoms with van der Waals surface area (Å²) in [5, 5.41) is 3.51. The molecule has 0 radical (unpaired) electrons. The lowest BCUT2D eigenvalue weighted by atomic mass is 10.0. The van der Waals surface area contributed by atoms with Gasteiger partial charge in [0.15, 0.2) is 0 Å². The first-order valence-corrected chi connectivity index (χ1v) is 16.4. The highest BCUT2D eigenvalue weighted by Gasteiger charge is 2.34. The first-order valence-electron chi connectivity index (χ1n) is 14.2. The molecule has 4 aromatic rings. The number of halogens is 2. The molecular weight excluding hydrogens is 617 g/mol. The van der Waals surface area contributed by atoms with Gasteiger partial charge in [-0.3, -0.25) is 13.9 Å². The Hall–Kier alpha value is -3.85. The van der Waals surface area contributed by atoms with Crippen LogP contribution in [0.15, 0.2) is 102 Å². The fraction of sp³-hybridized carbons (Fsp3) is 0.235. The van der Waals surface area contributed by atoms with Gasteiger partial charge in [-0.2, -0.15) is 0 Å². The molecule has 1 unspecified atom stereocenters. The van der Waals surface area contributed by atoms with Gasteiger partial charge < -0.3 is 10.2 Å². The molecule has 0 fully saturated rings. The molecule has 4 aromatic carbocycles. The van der Waals surface area contributed by atoms with Crippen LogP contribution in [0.4, 0.5) is 5.69 Å². The van der Waals surface area contributed by atoms with Crippen molar-refractivity contribution in [2.45, 2.75) is 44.7 Å². The van der Waals surface area contributed by atoms with Crippen LogP contribution in [-0.2, 0) is 32.6 Å². The molecule has 0 saturated carbocycles. The predicted octanol–water partition coefficient (Wildman–Crippen LogP) is 6.58. The Morgan fingerprint density at radius 1 is 0.795 bits per heavy atom. The summed E-state index contributed by atoms with van der Waals surface area (Å²) in [5.74, 6) is -0.910. The highest BCUT2D eigenvalue weighted by molar-refractivity contribution is 7.92. The maximum absolute atomic E-state index is 14.4. The third-order valence-corrected chi connectivity index (χ3v) is 9.70. The monoisotopic (exact) mass is 651 g/mol. The molecule has 0 spiro atoms. The van der Waals surface area contributed by atoms with E-state index in [1.165, 1.54) is 17.0 Å². The number of hydrogen-bond donors (Lipinski definition) is 1. The number of hydrogen-bond acceptors (Lipinski definition) is 4. The van der Waals surface area contributed by atoms with Crippen molar-refractivity contribution in [1.29, 1.82) is 0 Å². The molecule has 0 aliphatic rings. The van der Waals surface area contributed by atoms with Gasteiger partial charge >= 0.3 is 0 Å². The maximum Gasteiger partial charge on any atom is 0.264 e. The lowest BCUT2D eigenvalue weighted by molar-refractivity contribution is -0.140. The van der Waals surface area contributed by atoms with E-state index in [0.717, 1.165) is 21.0 Å². The highest BCUT2D eigenvalue weighted by atomic mass is 35.5. The number of sulfonamides is 1. The molecule has 230 valence electrons. The maximum atomic E-state index is 14.4. The van der Waals surface area contributed by atoms with E-state index < -0.39 is 28.5 Å². The van der Waals surface area contributed by atoms with E-state index in [1.54, 1.807) is 61.5 Å². The standard InChI is InChI=1S/C34H35Cl2N3O4S/c1-4-37-34(41)32(21-26-8-6-5-7-9-26)38(22-27-14-19-30(35)31(36)20-27)33(40)23-39(28-15-10-24(2)11-16-28)44(42,43)29-17-12-25(3)13-18-29/h5-20,32H,4,21-23H2,1-3H3,(H,37,41). The summed E-state index contributed by atoms with van der Waals surface area (Å²) >= 11 is 12.5. The fourth-order valence-electron chi connectivity index (χ4n) is 4.76. The average Bonchev–Trinajstić information content (AvgIpc) is 3.00. The number of rotatable bonds is 12. The van der Waals surface area contributed by atoms with Gasteiger partial charge in [0.25, 0.3) is 10.0 Å². The van der Waals surface area contributed by atoms with Crippen molar-refractivity contribution in [2.24, 2.45) is 0 Å². The van der Waals surface area contributed by atoms with Crippen molar-refractivity contribution in [1.82, 2.24) is 10.2 Å². The predicted molar refractivity (Wildman–Crippen MR) is 177 cm³/mol. The lowest BCUT2D eigenvalue weighted by Crippen LogP contribution is -2.53. The van der Waals surface area contributed by atoms with Crippen LogP contribution in [0.3, 0.4) is 0 Å². The highest BCUT2D eigenvalue weighted by Crippen LogP contribution is 2.27. The van der Waals surface area contributed by atoms with Gasteiger partial charge in [-0.25, -0.2) is 8.42 Å². The summed E-state index contributed by atoms with van der Waals surface area (Å²) in [6.07, 6.45) is 0.217. The second-order valence-corrected chi connectivity index (χ2v) is 13.2. The Bertz CT molecular complexity index is 1700. The summed E-state index contributed by atoms with van der Waals surface area (Å²) in [6.45, 7) is 5.38. The van der Waals surface area contributed by atoms with Crippen LogP contribution in [0.1, 0.15) is 29.2 Å². The molecule has 0 aromatic heterocycles. The van der Waals surface area contributed by atoms with Crippen LogP contribution in [0.2, 0.25) is 10.0 Å². The van der Waals surface area contributed by atoms with Crippen molar-refractivity contribution in [3.05, 3.63) is 129 Å². The molecule has 1 atom stereocenters. The summed E-state index contributed by atoms with van der Waals surface area (Å²) in [4.78, 5) is 29.4. The van der Waals surface area contributed by atoms with Crippen molar-refractivity contribution < 1.29 is 18.0 Å². The van der Waals surface area contributed by atoms with Gasteiger partial charge in [0.05, 0.1) is 20.6 Å². The minimum atomic E-state index is -4.17. The van der Waals surface area contributed by atoms with E-state index in [1.807, 2.05) is 44.2 Å². The average molecular weight is 653 g/mol. The minimum Gasteiger partial charge on any atom is -0.355 e. The normalized spacial score (nSPS) is 11.9. The summed E-state index contributed by atoms with van der Waals surface area (Å²) < 4.78 is 29.2. The molecule has 0 saturated heterocycles. The topological polar surface area (TPSA) is 86.8 Å². The first-order chi connectivity index (χ1) is 21.0.